The largest absolute Gasteiger partial charge is 0.481 e. The number of carbonyl (C=O) groups excluding carboxylic acids is 3. The van der Waals surface area contributed by atoms with Crippen molar-refractivity contribution >= 4 is 72.4 Å². The van der Waals surface area contributed by atoms with Gasteiger partial charge in [-0.15, -0.1) is 24.4 Å². The standard InChI is InChI=1S/C20H37N2O7P.C18H36O2.C18H36O.C8H18O.C3H6S3.CH4O/c1-16(2)20(5,15-24)13-17(3)19(4,14-21)8-7-18(25)22-9-12-29-30(26,27)28-11-6-10-23;1-2-3-4-5-6-7-8-9-10-11-12-13-14-15-16-17-18(19)20;1-2-3-4-5-6-7-8-9-10-11-12-13-14-15-16-17-18-19;1-4-6-9-7-5-8(2)3;1-2-6-3(4)5;1-2/h15-17,23H,6-13H2,1-5H3,(H,22,25)(H,26,27);2-17H2,1H3,(H,19,20);18H,2-17H2,1H3;8H,4-7H2,1-3H3;2H2,1H3,(H,4,5);2H,1H3. The molecule has 0 aliphatic rings. The lowest BCUT2D eigenvalue weighted by molar-refractivity contribution is -0.137. The zero-order valence-electron chi connectivity index (χ0n) is 57.4. The molecule has 0 bridgehead atoms. The summed E-state index contributed by atoms with van der Waals surface area (Å²) < 4.78 is 26.9. The summed E-state index contributed by atoms with van der Waals surface area (Å²) in [5, 5.41) is 36.4. The number of aliphatic carboxylic acids is 1. The second-order valence-corrected chi connectivity index (χ2v) is 28.4. The number of phosphoric ester groups is 1. The van der Waals surface area contributed by atoms with E-state index in [4.69, 9.17) is 24.6 Å². The van der Waals surface area contributed by atoms with E-state index < -0.39 is 24.6 Å². The first-order valence-electron chi connectivity index (χ1n) is 34.0. The summed E-state index contributed by atoms with van der Waals surface area (Å²) in [6, 6.07) is 2.31. The molecule has 0 aliphatic carbocycles. The SMILES string of the molecule is CC(CC(C)(C=O)C(C)C)C(C)(C#N)CCC(=O)NCCOP(=O)(O)OCCCO.CCCCCCCCCCCCCCCCCC(=O)O.CCCCCCCCCCCCCCCCCC=O.CCCOCCC(C)C.CCSC(=S)S.CO. The van der Waals surface area contributed by atoms with Crippen LogP contribution >= 0.6 is 44.4 Å². The number of hydrogen-bond donors (Lipinski definition) is 6. The maximum atomic E-state index is 12.1. The van der Waals surface area contributed by atoms with Crippen molar-refractivity contribution in [2.24, 2.45) is 28.6 Å². The maximum Gasteiger partial charge on any atom is 0.472 e. The van der Waals surface area contributed by atoms with Gasteiger partial charge in [0.2, 0.25) is 5.91 Å². The number of aliphatic hydroxyl groups is 2. The highest BCUT2D eigenvalue weighted by atomic mass is 32.2. The molecule has 0 aromatic heterocycles. The van der Waals surface area contributed by atoms with Crippen molar-refractivity contribution in [1.82, 2.24) is 5.32 Å². The molecule has 14 nitrogen and oxygen atoms in total. The number of nitriles is 1. The molecule has 0 fully saturated rings. The summed E-state index contributed by atoms with van der Waals surface area (Å²) in [7, 11) is -3.21. The normalized spacial score (nSPS) is 13.1. The van der Waals surface area contributed by atoms with Crippen LogP contribution in [0.2, 0.25) is 0 Å². The van der Waals surface area contributed by atoms with Crippen LogP contribution in [0.3, 0.4) is 0 Å². The number of ether oxygens (including phenoxy) is 1. The van der Waals surface area contributed by atoms with Crippen LogP contribution in [0.15, 0.2) is 0 Å². The van der Waals surface area contributed by atoms with E-state index in [-0.39, 0.29) is 57.0 Å². The monoisotopic (exact) mass is 1300 g/mol. The number of nitrogens with zero attached hydrogens (tertiary/aromatic N) is 1. The zero-order valence-corrected chi connectivity index (χ0v) is 60.8. The molecule has 0 aliphatic heterocycles. The number of unbranched alkanes of at least 4 members (excludes halogenated alkanes) is 29. The average Bonchev–Trinajstić information content (AvgIpc) is 3.69. The van der Waals surface area contributed by atoms with Gasteiger partial charge in [-0.3, -0.25) is 18.6 Å². The Morgan fingerprint density at radius 2 is 1.07 bits per heavy atom. The van der Waals surface area contributed by atoms with E-state index in [0.29, 0.717) is 19.3 Å². The minimum absolute atomic E-state index is 0.0160. The molecule has 1 amide bonds. The third kappa shape index (κ3) is 78.6. The highest BCUT2D eigenvalue weighted by molar-refractivity contribution is 8.41. The highest BCUT2D eigenvalue weighted by Gasteiger charge is 2.38. The van der Waals surface area contributed by atoms with Crippen molar-refractivity contribution < 1.29 is 57.7 Å². The van der Waals surface area contributed by atoms with Crippen LogP contribution in [0.25, 0.3) is 0 Å². The molecule has 0 rings (SSSR count). The number of rotatable bonds is 54. The van der Waals surface area contributed by atoms with Crippen LogP contribution in [0.5, 0.6) is 0 Å². The van der Waals surface area contributed by atoms with Gasteiger partial charge in [-0.2, -0.15) is 5.26 Å². The van der Waals surface area contributed by atoms with Crippen molar-refractivity contribution in [3.63, 3.8) is 0 Å². The van der Waals surface area contributed by atoms with Gasteiger partial charge in [-0.1, -0.05) is 261 Å². The number of phosphoric acid groups is 1. The fraction of sp³-hybridized carbons (Fsp3) is 0.912. The summed E-state index contributed by atoms with van der Waals surface area (Å²) in [6.45, 7) is 24.1. The number of aliphatic hydroxyl groups excluding tert-OH is 2. The van der Waals surface area contributed by atoms with E-state index in [1.807, 2.05) is 34.6 Å². The molecule has 4 unspecified atom stereocenters. The quantitative estimate of drug-likeness (QED) is 0.0109. The number of thioether (sulfide) groups is 1. The number of thiocarbonyl (C=S) groups is 1. The second-order valence-electron chi connectivity index (χ2n) is 24.0. The zero-order chi connectivity index (χ0) is 66.4. The van der Waals surface area contributed by atoms with Gasteiger partial charge in [0.1, 0.15) is 16.1 Å². The number of carboxylic acid groups (broad SMARTS) is 1. The Morgan fingerprint density at radius 1 is 0.651 bits per heavy atom. The lowest BCUT2D eigenvalue weighted by Crippen LogP contribution is -2.35. The van der Waals surface area contributed by atoms with Crippen molar-refractivity contribution in [3.05, 3.63) is 0 Å². The minimum Gasteiger partial charge on any atom is -0.481 e. The Hall–Kier alpha value is -1.45. The first-order valence-corrected chi connectivity index (χ1v) is 37.3. The predicted molar refractivity (Wildman–Crippen MR) is 373 cm³/mol. The van der Waals surface area contributed by atoms with Gasteiger partial charge in [0.05, 0.1) is 24.7 Å². The Morgan fingerprint density at radius 3 is 1.40 bits per heavy atom. The van der Waals surface area contributed by atoms with E-state index in [0.717, 1.165) is 80.2 Å². The van der Waals surface area contributed by atoms with Crippen LogP contribution < -0.4 is 5.32 Å². The van der Waals surface area contributed by atoms with Gasteiger partial charge >= 0.3 is 13.8 Å². The molecule has 4 atom stereocenters. The third-order valence-electron chi connectivity index (χ3n) is 15.2. The highest BCUT2D eigenvalue weighted by Crippen LogP contribution is 2.43. The molecule has 0 aromatic carbocycles. The number of carbonyl (C=O) groups is 4. The van der Waals surface area contributed by atoms with Gasteiger partial charge in [-0.25, -0.2) is 4.57 Å². The van der Waals surface area contributed by atoms with Gasteiger partial charge in [0.25, 0.3) is 0 Å². The van der Waals surface area contributed by atoms with Crippen LogP contribution in [0.1, 0.15) is 320 Å². The van der Waals surface area contributed by atoms with Crippen molar-refractivity contribution in [1.29, 1.82) is 5.26 Å². The second kappa shape index (κ2) is 74.3. The topological polar surface area (TPSA) is 230 Å². The first-order chi connectivity index (χ1) is 41.1. The molecular formula is C68H137N2O12PS3. The van der Waals surface area contributed by atoms with E-state index in [1.165, 1.54) is 180 Å². The summed E-state index contributed by atoms with van der Waals surface area (Å²) in [5.41, 5.74) is -1.30. The van der Waals surface area contributed by atoms with Crippen LogP contribution in [0.4, 0.5) is 0 Å². The molecule has 0 spiro atoms. The molecular weight excluding hydrogens is 1160 g/mol. The van der Waals surface area contributed by atoms with Crippen molar-refractivity contribution in [2.45, 2.75) is 320 Å². The Bertz CT molecular complexity index is 1560. The van der Waals surface area contributed by atoms with E-state index in [9.17, 15) is 33.9 Å². The van der Waals surface area contributed by atoms with E-state index in [2.05, 4.69) is 75.4 Å². The van der Waals surface area contributed by atoms with Gasteiger partial charge in [0.15, 0.2) is 0 Å². The smallest absolute Gasteiger partial charge is 0.472 e. The van der Waals surface area contributed by atoms with Gasteiger partial charge in [-0.05, 0) is 75.4 Å². The van der Waals surface area contributed by atoms with Gasteiger partial charge < -0.3 is 39.9 Å². The molecule has 0 aromatic rings. The fourth-order valence-electron chi connectivity index (χ4n) is 8.75. The van der Waals surface area contributed by atoms with E-state index in [1.54, 1.807) is 18.7 Å². The molecule has 18 heteroatoms. The number of carboxylic acids is 1. The molecule has 0 radical (unpaired) electrons. The minimum atomic E-state index is -4.21. The lowest BCUT2D eigenvalue weighted by atomic mass is 9.66. The summed E-state index contributed by atoms with van der Waals surface area (Å²) in [4.78, 5) is 53.5. The van der Waals surface area contributed by atoms with Crippen molar-refractivity contribution in [3.8, 4) is 6.07 Å². The Balaban J connectivity index is -0.000000251. The van der Waals surface area contributed by atoms with Gasteiger partial charge in [0, 0.05) is 58.2 Å². The van der Waals surface area contributed by atoms with Crippen molar-refractivity contribution in [2.75, 3.05) is 52.4 Å². The molecule has 5 N–H and O–H groups in total. The summed E-state index contributed by atoms with van der Waals surface area (Å²) in [5.74, 6) is 0.902. The van der Waals surface area contributed by atoms with Crippen LogP contribution in [0, 0.1) is 39.9 Å². The first kappa shape index (κ1) is 95.7. The fourth-order valence-corrected chi connectivity index (χ4v) is 10.5. The van der Waals surface area contributed by atoms with Crippen LogP contribution in [-0.2, 0) is 37.5 Å². The number of thiol groups is 1. The summed E-state index contributed by atoms with van der Waals surface area (Å²) in [6.07, 6.45) is 47.3. The molecule has 86 heavy (non-hydrogen) atoms. The number of hydrogen-bond acceptors (Lipinski definition) is 13. The predicted octanol–water partition coefficient (Wildman–Crippen LogP) is 19.6. The average molecular weight is 1300 g/mol. The Kier molecular flexibility index (Phi) is 82.6. The molecule has 514 valence electrons. The maximum absolute atomic E-state index is 12.1. The molecule has 0 heterocycles. The third-order valence-corrected chi connectivity index (χ3v) is 17.5. The number of amides is 1. The van der Waals surface area contributed by atoms with Crippen LogP contribution in [-0.4, -0.2) is 101 Å². The Labute approximate surface area is 545 Å². The number of aldehydes is 2. The number of nitrogens with one attached hydrogen (secondary N) is 1. The summed E-state index contributed by atoms with van der Waals surface area (Å²) >= 11 is 10.1. The van der Waals surface area contributed by atoms with E-state index >= 15 is 0 Å². The lowest BCUT2D eigenvalue weighted by Gasteiger charge is -2.36. The molecule has 0 saturated heterocycles. The molecule has 0 saturated carbocycles.